The van der Waals surface area contributed by atoms with E-state index >= 15 is 0 Å². The fourth-order valence-electron chi connectivity index (χ4n) is 3.77. The van der Waals surface area contributed by atoms with Crippen LogP contribution < -0.4 is 10.6 Å². The van der Waals surface area contributed by atoms with Crippen molar-refractivity contribution < 1.29 is 4.74 Å². The van der Waals surface area contributed by atoms with Crippen LogP contribution in [0.5, 0.6) is 0 Å². The van der Waals surface area contributed by atoms with Crippen LogP contribution in [0, 0.1) is 5.92 Å². The van der Waals surface area contributed by atoms with Crippen LogP contribution in [0.2, 0.25) is 0 Å². The van der Waals surface area contributed by atoms with Crippen molar-refractivity contribution in [1.29, 1.82) is 0 Å². The van der Waals surface area contributed by atoms with Gasteiger partial charge in [0.05, 0.1) is 12.2 Å². The summed E-state index contributed by atoms with van der Waals surface area (Å²) in [5, 5.41) is 7.05. The molecule has 0 aromatic heterocycles. The van der Waals surface area contributed by atoms with Crippen molar-refractivity contribution in [2.24, 2.45) is 10.9 Å². The zero-order chi connectivity index (χ0) is 16.7. The molecule has 1 saturated carbocycles. The summed E-state index contributed by atoms with van der Waals surface area (Å²) in [5.74, 6) is 1.86. The molecule has 1 aliphatic heterocycles. The Hall–Kier alpha value is -0.0800. The first-order chi connectivity index (χ1) is 11.1. The van der Waals surface area contributed by atoms with Crippen LogP contribution in [-0.4, -0.2) is 62.3 Å². The molecule has 2 atom stereocenters. The summed E-state index contributed by atoms with van der Waals surface area (Å²) in [6.45, 7) is 10.9. The Morgan fingerprint density at radius 3 is 2.29 bits per heavy atom. The number of rotatable bonds is 5. The second kappa shape index (κ2) is 11.5. The van der Waals surface area contributed by atoms with E-state index in [1.54, 1.807) is 0 Å². The highest BCUT2D eigenvalue weighted by molar-refractivity contribution is 14.0. The van der Waals surface area contributed by atoms with Crippen molar-refractivity contribution in [2.75, 3.05) is 33.2 Å². The van der Waals surface area contributed by atoms with Gasteiger partial charge < -0.3 is 15.4 Å². The van der Waals surface area contributed by atoms with Crippen LogP contribution in [0.3, 0.4) is 0 Å². The molecule has 1 aliphatic carbocycles. The lowest BCUT2D eigenvalue weighted by Gasteiger charge is -2.35. The van der Waals surface area contributed by atoms with Crippen molar-refractivity contribution in [3.63, 3.8) is 0 Å². The Bertz CT molecular complexity index is 362. The quantitative estimate of drug-likeness (QED) is 0.292. The van der Waals surface area contributed by atoms with Crippen molar-refractivity contribution in [2.45, 2.75) is 71.1 Å². The molecule has 1 saturated heterocycles. The first kappa shape index (κ1) is 22.0. The van der Waals surface area contributed by atoms with Gasteiger partial charge in [0.2, 0.25) is 0 Å². The highest BCUT2D eigenvalue weighted by Gasteiger charge is 2.21. The predicted molar refractivity (Wildman–Crippen MR) is 112 cm³/mol. The van der Waals surface area contributed by atoms with Crippen LogP contribution in [0.15, 0.2) is 4.99 Å². The summed E-state index contributed by atoms with van der Waals surface area (Å²) in [6, 6.07) is 0.596. The van der Waals surface area contributed by atoms with E-state index in [2.05, 4.69) is 41.3 Å². The second-order valence-electron chi connectivity index (χ2n) is 7.47. The molecule has 0 amide bonds. The normalized spacial score (nSPS) is 32.1. The maximum absolute atomic E-state index is 5.78. The molecule has 0 bridgehead atoms. The van der Waals surface area contributed by atoms with E-state index in [9.17, 15) is 0 Å². The standard InChI is InChI=1S/C18H36N4O.HI/c1-14-6-8-17(9-7-14)21-18(19-4)20-10-5-11-22-12-15(2)23-16(3)13-22;/h14-17H,5-13H2,1-4H3,(H2,19,20,21);1H. The molecule has 2 N–H and O–H groups in total. The van der Waals surface area contributed by atoms with E-state index in [4.69, 9.17) is 4.74 Å². The predicted octanol–water partition coefficient (Wildman–Crippen LogP) is 2.85. The molecule has 1 heterocycles. The molecule has 6 heteroatoms. The third kappa shape index (κ3) is 7.87. The summed E-state index contributed by atoms with van der Waals surface area (Å²) in [6.07, 6.45) is 7.06. The summed E-state index contributed by atoms with van der Waals surface area (Å²) < 4.78 is 5.78. The number of nitrogens with zero attached hydrogens (tertiary/aromatic N) is 2. The van der Waals surface area contributed by atoms with E-state index in [0.29, 0.717) is 18.2 Å². The molecule has 24 heavy (non-hydrogen) atoms. The fraction of sp³-hybridized carbons (Fsp3) is 0.944. The van der Waals surface area contributed by atoms with Crippen LogP contribution in [0.4, 0.5) is 0 Å². The average Bonchev–Trinajstić information content (AvgIpc) is 2.51. The summed E-state index contributed by atoms with van der Waals surface area (Å²) in [7, 11) is 1.87. The number of halogens is 1. The van der Waals surface area contributed by atoms with E-state index in [1.807, 2.05) is 7.05 Å². The fourth-order valence-corrected chi connectivity index (χ4v) is 3.77. The van der Waals surface area contributed by atoms with Gasteiger partial charge in [-0.15, -0.1) is 24.0 Å². The average molecular weight is 452 g/mol. The lowest BCUT2D eigenvalue weighted by atomic mass is 9.87. The minimum atomic E-state index is 0. The number of guanidine groups is 1. The first-order valence-corrected chi connectivity index (χ1v) is 9.41. The van der Waals surface area contributed by atoms with Crippen molar-refractivity contribution in [3.05, 3.63) is 0 Å². The third-order valence-electron chi connectivity index (χ3n) is 5.02. The van der Waals surface area contributed by atoms with Crippen LogP contribution in [-0.2, 0) is 4.74 Å². The highest BCUT2D eigenvalue weighted by atomic mass is 127. The molecule has 2 aliphatic rings. The second-order valence-corrected chi connectivity index (χ2v) is 7.47. The molecule has 2 unspecified atom stereocenters. The molecule has 2 rings (SSSR count). The minimum absolute atomic E-state index is 0. The number of morpholine rings is 1. The van der Waals surface area contributed by atoms with E-state index < -0.39 is 0 Å². The van der Waals surface area contributed by atoms with Gasteiger partial charge in [-0.25, -0.2) is 0 Å². The topological polar surface area (TPSA) is 48.9 Å². The molecule has 142 valence electrons. The smallest absolute Gasteiger partial charge is 0.191 e. The summed E-state index contributed by atoms with van der Waals surface area (Å²) in [4.78, 5) is 6.88. The SMILES string of the molecule is CN=C(NCCCN1CC(C)OC(C)C1)NC1CCC(C)CC1.I. The first-order valence-electron chi connectivity index (χ1n) is 9.41. The summed E-state index contributed by atoms with van der Waals surface area (Å²) >= 11 is 0. The molecular weight excluding hydrogens is 415 g/mol. The third-order valence-corrected chi connectivity index (χ3v) is 5.02. The number of hydrogen-bond acceptors (Lipinski definition) is 3. The van der Waals surface area contributed by atoms with Gasteiger partial charge in [0.1, 0.15) is 0 Å². The number of nitrogens with one attached hydrogen (secondary N) is 2. The molecule has 0 aromatic rings. The molecule has 5 nitrogen and oxygen atoms in total. The van der Waals surface area contributed by atoms with Crippen LogP contribution in [0.1, 0.15) is 52.9 Å². The zero-order valence-electron chi connectivity index (χ0n) is 15.9. The van der Waals surface area contributed by atoms with Crippen molar-refractivity contribution in [1.82, 2.24) is 15.5 Å². The van der Waals surface area contributed by atoms with Crippen molar-refractivity contribution >= 4 is 29.9 Å². The molecular formula is C18H37IN4O. The van der Waals surface area contributed by atoms with Gasteiger partial charge in [-0.05, 0) is 51.9 Å². The number of aliphatic imine (C=N–C) groups is 1. The van der Waals surface area contributed by atoms with E-state index in [1.165, 1.54) is 25.7 Å². The molecule has 0 spiro atoms. The molecule has 2 fully saturated rings. The molecule has 0 aromatic carbocycles. The van der Waals surface area contributed by atoms with Gasteiger partial charge in [0, 0.05) is 39.3 Å². The van der Waals surface area contributed by atoms with E-state index in [0.717, 1.165) is 44.5 Å². The Morgan fingerprint density at radius 2 is 1.71 bits per heavy atom. The lowest BCUT2D eigenvalue weighted by Crippen LogP contribution is -2.47. The minimum Gasteiger partial charge on any atom is -0.373 e. The monoisotopic (exact) mass is 452 g/mol. The Labute approximate surface area is 165 Å². The van der Waals surface area contributed by atoms with Gasteiger partial charge in [-0.2, -0.15) is 0 Å². The lowest BCUT2D eigenvalue weighted by molar-refractivity contribution is -0.0679. The van der Waals surface area contributed by atoms with Crippen LogP contribution >= 0.6 is 24.0 Å². The maximum atomic E-state index is 5.78. The van der Waals surface area contributed by atoms with Crippen molar-refractivity contribution in [3.8, 4) is 0 Å². The Balaban J connectivity index is 0.00000288. The number of ether oxygens (including phenoxy) is 1. The zero-order valence-corrected chi connectivity index (χ0v) is 18.2. The Morgan fingerprint density at radius 1 is 1.08 bits per heavy atom. The van der Waals surface area contributed by atoms with Crippen LogP contribution in [0.25, 0.3) is 0 Å². The Kier molecular flexibility index (Phi) is 10.5. The molecule has 0 radical (unpaired) electrons. The van der Waals surface area contributed by atoms with Gasteiger partial charge in [0.15, 0.2) is 5.96 Å². The van der Waals surface area contributed by atoms with Gasteiger partial charge in [-0.1, -0.05) is 6.92 Å². The van der Waals surface area contributed by atoms with E-state index in [-0.39, 0.29) is 24.0 Å². The largest absolute Gasteiger partial charge is 0.373 e. The number of hydrogen-bond donors (Lipinski definition) is 2. The summed E-state index contributed by atoms with van der Waals surface area (Å²) in [5.41, 5.74) is 0. The highest BCUT2D eigenvalue weighted by Crippen LogP contribution is 2.23. The maximum Gasteiger partial charge on any atom is 0.191 e. The van der Waals surface area contributed by atoms with Gasteiger partial charge in [-0.3, -0.25) is 9.89 Å². The van der Waals surface area contributed by atoms with Gasteiger partial charge >= 0.3 is 0 Å². The van der Waals surface area contributed by atoms with Gasteiger partial charge in [0.25, 0.3) is 0 Å².